The van der Waals surface area contributed by atoms with E-state index >= 15 is 0 Å². The van der Waals surface area contributed by atoms with Gasteiger partial charge in [-0.15, -0.1) is 11.3 Å². The maximum absolute atomic E-state index is 13.0. The van der Waals surface area contributed by atoms with Crippen LogP contribution in [0.5, 0.6) is 0 Å². The Bertz CT molecular complexity index is 1280. The summed E-state index contributed by atoms with van der Waals surface area (Å²) in [6, 6.07) is 7.61. The maximum atomic E-state index is 13.0. The number of nitrogens with zero attached hydrogens (tertiary/aromatic N) is 3. The van der Waals surface area contributed by atoms with E-state index in [0.717, 1.165) is 21.3 Å². The van der Waals surface area contributed by atoms with E-state index in [1.807, 2.05) is 0 Å². The van der Waals surface area contributed by atoms with E-state index in [2.05, 4.69) is 35.5 Å². The molecule has 1 aromatic carbocycles. The highest BCUT2D eigenvalue weighted by Gasteiger charge is 2.32. The van der Waals surface area contributed by atoms with Gasteiger partial charge in [-0.25, -0.2) is 8.42 Å². The predicted octanol–water partition coefficient (Wildman–Crippen LogP) is 3.56. The summed E-state index contributed by atoms with van der Waals surface area (Å²) in [7, 11) is -1.82. The first-order valence-corrected chi connectivity index (χ1v) is 13.7. The molecule has 3 aromatic rings. The Morgan fingerprint density at radius 3 is 2.66 bits per heavy atom. The average Bonchev–Trinajstić information content (AvgIpc) is 3.42. The topological polar surface area (TPSA) is 81.0 Å². The number of sulfonamides is 1. The molecule has 0 N–H and O–H groups in total. The van der Waals surface area contributed by atoms with Crippen molar-refractivity contribution in [3.63, 3.8) is 0 Å². The van der Waals surface area contributed by atoms with Gasteiger partial charge >= 0.3 is 0 Å². The summed E-state index contributed by atoms with van der Waals surface area (Å²) in [5.74, 6) is -0.445. The molecule has 0 aliphatic carbocycles. The molecule has 32 heavy (non-hydrogen) atoms. The Morgan fingerprint density at radius 1 is 1.25 bits per heavy atom. The average molecular weight is 494 g/mol. The van der Waals surface area contributed by atoms with Crippen molar-refractivity contribution in [2.75, 3.05) is 26.8 Å². The normalized spacial score (nSPS) is 16.8. The van der Waals surface area contributed by atoms with E-state index in [9.17, 15) is 13.2 Å². The summed E-state index contributed by atoms with van der Waals surface area (Å²) in [5.41, 5.74) is 3.39. The number of hydrogen-bond acceptors (Lipinski definition) is 6. The molecule has 172 valence electrons. The summed E-state index contributed by atoms with van der Waals surface area (Å²) < 4.78 is 35.7. The number of amides is 1. The van der Waals surface area contributed by atoms with Crippen LogP contribution in [0.4, 0.5) is 0 Å². The number of aryl methyl sites for hydroxylation is 2. The van der Waals surface area contributed by atoms with Gasteiger partial charge in [-0.2, -0.15) is 9.30 Å². The van der Waals surface area contributed by atoms with Crippen LogP contribution in [0.3, 0.4) is 0 Å². The molecule has 1 aliphatic rings. The van der Waals surface area contributed by atoms with E-state index in [-0.39, 0.29) is 11.8 Å². The van der Waals surface area contributed by atoms with Gasteiger partial charge in [0.15, 0.2) is 4.80 Å². The number of carbonyl (C=O) groups excluding carboxylic acids is 1. The highest BCUT2D eigenvalue weighted by molar-refractivity contribution is 7.91. The minimum atomic E-state index is -3.48. The number of carbonyl (C=O) groups is 1. The molecule has 7 nitrogen and oxygen atoms in total. The molecule has 1 aliphatic heterocycles. The summed E-state index contributed by atoms with van der Waals surface area (Å²) in [4.78, 5) is 18.2. The lowest BCUT2D eigenvalue weighted by Crippen LogP contribution is -2.40. The summed E-state index contributed by atoms with van der Waals surface area (Å²) >= 11 is 2.74. The lowest BCUT2D eigenvalue weighted by molar-refractivity contribution is -0.122. The third kappa shape index (κ3) is 4.60. The van der Waals surface area contributed by atoms with E-state index in [4.69, 9.17) is 4.74 Å². The van der Waals surface area contributed by atoms with Gasteiger partial charge in [-0.1, -0.05) is 23.5 Å². The van der Waals surface area contributed by atoms with Crippen LogP contribution >= 0.6 is 22.7 Å². The fraction of sp³-hybridized carbons (Fsp3) is 0.455. The van der Waals surface area contributed by atoms with Gasteiger partial charge in [0, 0.05) is 32.7 Å². The highest BCUT2D eigenvalue weighted by atomic mass is 32.2. The molecule has 0 bridgehead atoms. The molecule has 0 atom stereocenters. The van der Waals surface area contributed by atoms with Crippen LogP contribution in [0.25, 0.3) is 10.2 Å². The van der Waals surface area contributed by atoms with E-state index in [1.54, 1.807) is 24.6 Å². The van der Waals surface area contributed by atoms with Crippen molar-refractivity contribution in [3.8, 4) is 0 Å². The van der Waals surface area contributed by atoms with E-state index in [1.165, 1.54) is 27.0 Å². The fourth-order valence-electron chi connectivity index (χ4n) is 4.06. The molecule has 10 heteroatoms. The first kappa shape index (κ1) is 23.3. The van der Waals surface area contributed by atoms with Crippen LogP contribution in [-0.2, 0) is 26.1 Å². The third-order valence-corrected chi connectivity index (χ3v) is 10.2. The summed E-state index contributed by atoms with van der Waals surface area (Å²) in [6.07, 6.45) is 0.960. The lowest BCUT2D eigenvalue weighted by atomic mass is 9.98. The molecule has 4 rings (SSSR count). The molecule has 0 spiro atoms. The van der Waals surface area contributed by atoms with Gasteiger partial charge in [0.1, 0.15) is 4.21 Å². The van der Waals surface area contributed by atoms with Crippen molar-refractivity contribution in [3.05, 3.63) is 45.6 Å². The van der Waals surface area contributed by atoms with Crippen LogP contribution in [0.15, 0.2) is 38.8 Å². The molecule has 3 heterocycles. The largest absolute Gasteiger partial charge is 0.383 e. The molecule has 0 radical (unpaired) electrons. The number of thiazole rings is 1. The Balaban J connectivity index is 1.57. The molecule has 0 unspecified atom stereocenters. The van der Waals surface area contributed by atoms with Gasteiger partial charge in [-0.05, 0) is 55.3 Å². The van der Waals surface area contributed by atoms with Crippen molar-refractivity contribution in [2.24, 2.45) is 10.9 Å². The third-order valence-electron chi connectivity index (χ3n) is 5.73. The number of thiophene rings is 1. The molecule has 1 saturated heterocycles. The number of ether oxygens (including phenoxy) is 1. The van der Waals surface area contributed by atoms with Crippen molar-refractivity contribution in [1.82, 2.24) is 8.87 Å². The Hall–Kier alpha value is -1.85. The van der Waals surface area contributed by atoms with Crippen LogP contribution in [0, 0.1) is 19.8 Å². The smallest absolute Gasteiger partial charge is 0.252 e. The van der Waals surface area contributed by atoms with Crippen LogP contribution < -0.4 is 4.80 Å². The quantitative estimate of drug-likeness (QED) is 0.526. The first-order chi connectivity index (χ1) is 15.3. The van der Waals surface area contributed by atoms with Crippen molar-refractivity contribution < 1.29 is 17.9 Å². The second kappa shape index (κ2) is 9.56. The van der Waals surface area contributed by atoms with Crippen molar-refractivity contribution in [1.29, 1.82) is 0 Å². The lowest BCUT2D eigenvalue weighted by Gasteiger charge is -2.29. The van der Waals surface area contributed by atoms with Crippen molar-refractivity contribution in [2.45, 2.75) is 37.4 Å². The van der Waals surface area contributed by atoms with Gasteiger partial charge in [0.25, 0.3) is 15.9 Å². The Kier molecular flexibility index (Phi) is 6.97. The fourth-order valence-corrected chi connectivity index (χ4v) is 7.79. The minimum Gasteiger partial charge on any atom is -0.383 e. The van der Waals surface area contributed by atoms with Gasteiger partial charge < -0.3 is 9.30 Å². The molecule has 0 saturated carbocycles. The second-order valence-corrected chi connectivity index (χ2v) is 12.1. The van der Waals surface area contributed by atoms with Crippen LogP contribution in [0.2, 0.25) is 0 Å². The number of rotatable bonds is 6. The number of benzene rings is 1. The van der Waals surface area contributed by atoms with Crippen LogP contribution in [0.1, 0.15) is 24.0 Å². The van der Waals surface area contributed by atoms with E-state index in [0.29, 0.717) is 48.1 Å². The molecule has 1 amide bonds. The number of hydrogen-bond donors (Lipinski definition) is 0. The maximum Gasteiger partial charge on any atom is 0.252 e. The molecular weight excluding hydrogens is 466 g/mol. The first-order valence-electron chi connectivity index (χ1n) is 10.5. The summed E-state index contributed by atoms with van der Waals surface area (Å²) in [6.45, 7) is 5.94. The monoisotopic (exact) mass is 493 g/mol. The van der Waals surface area contributed by atoms with Crippen molar-refractivity contribution >= 4 is 48.8 Å². The number of piperidine rings is 1. The highest BCUT2D eigenvalue weighted by Crippen LogP contribution is 2.27. The predicted molar refractivity (Wildman–Crippen MR) is 128 cm³/mol. The van der Waals surface area contributed by atoms with Gasteiger partial charge in [-0.3, -0.25) is 4.79 Å². The Morgan fingerprint density at radius 2 is 2.00 bits per heavy atom. The number of methoxy groups -OCH3 is 1. The molecular formula is C22H27N3O4S3. The standard InChI is InChI=1S/C22H27N3O4S3/c1-15-13-16(2)20-18(14-15)25(10-11-29-3)22(31-20)23-21(26)17-6-8-24(9-7-17)32(27,28)19-5-4-12-30-19/h4-5,12-14,17H,6-11H2,1-3H3. The summed E-state index contributed by atoms with van der Waals surface area (Å²) in [5, 5.41) is 1.76. The molecule has 2 aromatic heterocycles. The van der Waals surface area contributed by atoms with Crippen LogP contribution in [-0.4, -0.2) is 50.0 Å². The van der Waals surface area contributed by atoms with Gasteiger partial charge in [0.2, 0.25) is 0 Å². The minimum absolute atomic E-state index is 0.176. The second-order valence-electron chi connectivity index (χ2n) is 8.02. The van der Waals surface area contributed by atoms with Gasteiger partial charge in [0.05, 0.1) is 16.8 Å². The zero-order valence-electron chi connectivity index (χ0n) is 18.4. The SMILES string of the molecule is COCCn1c(=NC(=O)C2CCN(S(=O)(=O)c3cccs3)CC2)sc2c(C)cc(C)cc21. The molecule has 1 fully saturated rings. The van der Waals surface area contributed by atoms with E-state index < -0.39 is 10.0 Å². The zero-order chi connectivity index (χ0) is 22.9. The zero-order valence-corrected chi connectivity index (χ0v) is 20.9. The number of fused-ring (bicyclic) bond motifs is 1. The Labute approximate surface area is 196 Å². The number of aromatic nitrogens is 1.